The van der Waals surface area contributed by atoms with Crippen molar-refractivity contribution in [3.8, 4) is 0 Å². The first-order valence-corrected chi connectivity index (χ1v) is 13.3. The van der Waals surface area contributed by atoms with Crippen LogP contribution >= 0.6 is 15.9 Å². The molecule has 0 radical (unpaired) electrons. The highest BCUT2D eigenvalue weighted by Crippen LogP contribution is 2.45. The quantitative estimate of drug-likeness (QED) is 0.201. The van der Waals surface area contributed by atoms with Gasteiger partial charge in [0, 0.05) is 26.3 Å². The minimum absolute atomic E-state index is 0.278. The Kier molecular flexibility index (Phi) is 4.58. The van der Waals surface area contributed by atoms with E-state index in [0.717, 1.165) is 43.2 Å². The van der Waals surface area contributed by atoms with E-state index in [9.17, 15) is 0 Å². The van der Waals surface area contributed by atoms with Gasteiger partial charge in [-0.2, -0.15) is 0 Å². The van der Waals surface area contributed by atoms with Gasteiger partial charge < -0.3 is 9.32 Å². The van der Waals surface area contributed by atoms with Gasteiger partial charge in [0.05, 0.1) is 11.4 Å². The van der Waals surface area contributed by atoms with Gasteiger partial charge in [0.2, 0.25) is 0 Å². The van der Waals surface area contributed by atoms with Gasteiger partial charge in [0.25, 0.3) is 0 Å². The summed E-state index contributed by atoms with van der Waals surface area (Å²) in [5.74, 6) is -0.278. The molecule has 0 aliphatic rings. The van der Waals surface area contributed by atoms with Gasteiger partial charge >= 0.3 is 0 Å². The van der Waals surface area contributed by atoms with Crippen LogP contribution in [0.5, 0.6) is 0 Å². The highest BCUT2D eigenvalue weighted by molar-refractivity contribution is 9.10. The molecule has 0 spiro atoms. The number of hydrogen-bond donors (Lipinski definition) is 0. The smallest absolute Gasteiger partial charge is 0.147 e. The molecule has 8 aromatic rings. The second-order valence-electron chi connectivity index (χ2n) is 9.65. The normalized spacial score (nSPS) is 11.9. The molecule has 7 aromatic carbocycles. The number of rotatable bonds is 3. The number of furan rings is 1. The number of para-hydroxylation sites is 1. The standard InChI is InChI=1S/C34H19BrFNO/c35-23-12-15-25-27-19-24(13-17-31(27)38-32(25)18-23)37(30-7-2-1-6-28(30)36)29-16-11-22-9-8-20-4-3-5-21-10-14-26(29)34(22)33(20)21/h1-19H. The molecule has 0 amide bonds. The van der Waals surface area contributed by atoms with Crippen molar-refractivity contribution in [1.29, 1.82) is 0 Å². The molecule has 4 heteroatoms. The van der Waals surface area contributed by atoms with Crippen molar-refractivity contribution >= 4 is 87.2 Å². The number of fused-ring (bicyclic) bond motifs is 3. The molecule has 0 unspecified atom stereocenters. The molecule has 38 heavy (non-hydrogen) atoms. The molecular weight excluding hydrogens is 537 g/mol. The maximum Gasteiger partial charge on any atom is 0.147 e. The van der Waals surface area contributed by atoms with Gasteiger partial charge in [-0.15, -0.1) is 0 Å². The van der Waals surface area contributed by atoms with Crippen molar-refractivity contribution in [1.82, 2.24) is 0 Å². The lowest BCUT2D eigenvalue weighted by atomic mass is 9.93. The van der Waals surface area contributed by atoms with E-state index in [1.54, 1.807) is 6.07 Å². The van der Waals surface area contributed by atoms with Gasteiger partial charge in [-0.3, -0.25) is 0 Å². The summed E-state index contributed by atoms with van der Waals surface area (Å²) in [7, 11) is 0. The first-order chi connectivity index (χ1) is 18.7. The Morgan fingerprint density at radius 1 is 0.553 bits per heavy atom. The van der Waals surface area contributed by atoms with Crippen LogP contribution in [0.15, 0.2) is 124 Å². The summed E-state index contributed by atoms with van der Waals surface area (Å²) in [4.78, 5) is 2.03. The Labute approximate surface area is 226 Å². The van der Waals surface area contributed by atoms with Gasteiger partial charge in [0.15, 0.2) is 0 Å². The van der Waals surface area contributed by atoms with Crippen molar-refractivity contribution in [2.75, 3.05) is 4.90 Å². The molecule has 0 aliphatic heterocycles. The molecule has 0 saturated carbocycles. The molecule has 1 heterocycles. The Hall–Kier alpha value is -4.41. The van der Waals surface area contributed by atoms with E-state index in [1.165, 1.54) is 33.0 Å². The summed E-state index contributed by atoms with van der Waals surface area (Å²) >= 11 is 3.54. The molecule has 0 atom stereocenters. The highest BCUT2D eigenvalue weighted by Gasteiger charge is 2.21. The number of benzene rings is 7. The van der Waals surface area contributed by atoms with E-state index in [1.807, 2.05) is 41.3 Å². The van der Waals surface area contributed by atoms with Gasteiger partial charge in [0.1, 0.15) is 17.0 Å². The highest BCUT2D eigenvalue weighted by atomic mass is 79.9. The third-order valence-electron chi connectivity index (χ3n) is 7.52. The van der Waals surface area contributed by atoms with Crippen LogP contribution in [0.4, 0.5) is 21.5 Å². The van der Waals surface area contributed by atoms with Gasteiger partial charge in [-0.05, 0) is 81.5 Å². The molecule has 0 saturated heterocycles. The molecule has 2 nitrogen and oxygen atoms in total. The van der Waals surface area contributed by atoms with E-state index in [2.05, 4.69) is 82.7 Å². The molecule has 8 rings (SSSR count). The number of hydrogen-bond acceptors (Lipinski definition) is 2. The Morgan fingerprint density at radius 3 is 2.13 bits per heavy atom. The predicted octanol–water partition coefficient (Wildman–Crippen LogP) is 10.9. The van der Waals surface area contributed by atoms with Crippen LogP contribution in [0, 0.1) is 5.82 Å². The maximum absolute atomic E-state index is 15.5. The fourth-order valence-electron chi connectivity index (χ4n) is 5.83. The van der Waals surface area contributed by atoms with E-state index in [-0.39, 0.29) is 5.82 Å². The van der Waals surface area contributed by atoms with Crippen LogP contribution in [0.3, 0.4) is 0 Å². The Balaban J connectivity index is 1.46. The zero-order valence-corrected chi connectivity index (χ0v) is 21.7. The fourth-order valence-corrected chi connectivity index (χ4v) is 6.17. The van der Waals surface area contributed by atoms with E-state index < -0.39 is 0 Å². The molecule has 1 aromatic heterocycles. The lowest BCUT2D eigenvalue weighted by Crippen LogP contribution is -2.12. The van der Waals surface area contributed by atoms with E-state index >= 15 is 4.39 Å². The minimum atomic E-state index is -0.278. The minimum Gasteiger partial charge on any atom is -0.456 e. The summed E-state index contributed by atoms with van der Waals surface area (Å²) in [6.07, 6.45) is 0. The average molecular weight is 556 g/mol. The Bertz CT molecular complexity index is 2160. The van der Waals surface area contributed by atoms with Crippen LogP contribution in [0.1, 0.15) is 0 Å². The zero-order chi connectivity index (χ0) is 25.4. The molecule has 0 N–H and O–H groups in total. The lowest BCUT2D eigenvalue weighted by molar-refractivity contribution is 0.629. The fraction of sp³-hybridized carbons (Fsp3) is 0. The van der Waals surface area contributed by atoms with E-state index in [0.29, 0.717) is 5.69 Å². The van der Waals surface area contributed by atoms with Crippen molar-refractivity contribution in [3.05, 3.63) is 126 Å². The topological polar surface area (TPSA) is 16.4 Å². The summed E-state index contributed by atoms with van der Waals surface area (Å²) in [5, 5.41) is 9.09. The lowest BCUT2D eigenvalue weighted by Gasteiger charge is -2.28. The van der Waals surface area contributed by atoms with Crippen molar-refractivity contribution in [3.63, 3.8) is 0 Å². The van der Waals surface area contributed by atoms with Crippen molar-refractivity contribution in [2.24, 2.45) is 0 Å². The molecular formula is C34H19BrFNO. The molecule has 180 valence electrons. The first-order valence-electron chi connectivity index (χ1n) is 12.5. The van der Waals surface area contributed by atoms with Crippen LogP contribution in [-0.4, -0.2) is 0 Å². The van der Waals surface area contributed by atoms with Crippen LogP contribution in [0.25, 0.3) is 54.3 Å². The monoisotopic (exact) mass is 555 g/mol. The second kappa shape index (κ2) is 8.04. The number of halogens is 2. The zero-order valence-electron chi connectivity index (χ0n) is 20.1. The first kappa shape index (κ1) is 21.7. The van der Waals surface area contributed by atoms with Crippen molar-refractivity contribution in [2.45, 2.75) is 0 Å². The van der Waals surface area contributed by atoms with Crippen LogP contribution < -0.4 is 4.90 Å². The average Bonchev–Trinajstić information content (AvgIpc) is 3.30. The van der Waals surface area contributed by atoms with Crippen LogP contribution in [-0.2, 0) is 0 Å². The maximum atomic E-state index is 15.5. The van der Waals surface area contributed by atoms with E-state index in [4.69, 9.17) is 4.42 Å². The third kappa shape index (κ3) is 3.10. The third-order valence-corrected chi connectivity index (χ3v) is 8.01. The van der Waals surface area contributed by atoms with Gasteiger partial charge in [-0.1, -0.05) is 76.6 Å². The summed E-state index contributed by atoms with van der Waals surface area (Å²) < 4.78 is 22.6. The molecule has 0 fully saturated rings. The second-order valence-corrected chi connectivity index (χ2v) is 10.6. The molecule has 0 bridgehead atoms. The molecule has 0 aliphatic carbocycles. The Morgan fingerprint density at radius 2 is 1.29 bits per heavy atom. The SMILES string of the molecule is Fc1ccccc1N(c1ccc2oc3cc(Br)ccc3c2c1)c1ccc2ccc3cccc4ccc1c2c34. The van der Waals surface area contributed by atoms with Crippen molar-refractivity contribution < 1.29 is 8.81 Å². The largest absolute Gasteiger partial charge is 0.456 e. The van der Waals surface area contributed by atoms with Gasteiger partial charge in [-0.25, -0.2) is 4.39 Å². The summed E-state index contributed by atoms with van der Waals surface area (Å²) in [6.45, 7) is 0. The number of nitrogens with zero attached hydrogens (tertiary/aromatic N) is 1. The summed E-state index contributed by atoms with van der Waals surface area (Å²) in [5.41, 5.74) is 3.90. The van der Waals surface area contributed by atoms with Crippen LogP contribution in [0.2, 0.25) is 0 Å². The predicted molar refractivity (Wildman–Crippen MR) is 160 cm³/mol. The number of anilines is 3. The summed E-state index contributed by atoms with van der Waals surface area (Å²) in [6, 6.07) is 38.4.